The van der Waals surface area contributed by atoms with E-state index in [0.29, 0.717) is 23.6 Å². The van der Waals surface area contributed by atoms with Crippen LogP contribution in [0, 0.1) is 13.8 Å². The van der Waals surface area contributed by atoms with E-state index in [1.165, 1.54) is 0 Å². The SMILES string of the molecule is Cc1ccnc(CNc2cc[nH]c(=O)c2-c2nc3c(C)cc(-n4ccnc4)cc3[nH]2)c1. The molecular formula is C23H21N7O. The normalized spacial score (nSPS) is 11.2. The van der Waals surface area contributed by atoms with Crippen LogP contribution in [0.3, 0.4) is 0 Å². The molecule has 0 fully saturated rings. The second-order valence-electron chi connectivity index (χ2n) is 7.49. The molecule has 4 heterocycles. The molecule has 8 nitrogen and oxygen atoms in total. The molecule has 0 aliphatic heterocycles. The first-order chi connectivity index (χ1) is 15.1. The van der Waals surface area contributed by atoms with E-state index in [1.54, 1.807) is 24.9 Å². The van der Waals surface area contributed by atoms with Crippen LogP contribution in [-0.2, 0) is 6.54 Å². The van der Waals surface area contributed by atoms with Gasteiger partial charge in [-0.2, -0.15) is 0 Å². The van der Waals surface area contributed by atoms with Gasteiger partial charge in [0.05, 0.1) is 35.3 Å². The number of nitrogens with one attached hydrogen (secondary N) is 3. The topological polar surface area (TPSA) is 104 Å². The maximum Gasteiger partial charge on any atom is 0.261 e. The molecule has 0 bridgehead atoms. The van der Waals surface area contributed by atoms with Crippen LogP contribution in [0.25, 0.3) is 28.1 Å². The summed E-state index contributed by atoms with van der Waals surface area (Å²) in [5.41, 5.74) is 6.65. The van der Waals surface area contributed by atoms with Gasteiger partial charge in [0.2, 0.25) is 0 Å². The summed E-state index contributed by atoms with van der Waals surface area (Å²) < 4.78 is 1.93. The molecule has 0 amide bonds. The Morgan fingerprint density at radius 1 is 1.13 bits per heavy atom. The predicted molar refractivity (Wildman–Crippen MR) is 120 cm³/mol. The third-order valence-electron chi connectivity index (χ3n) is 5.19. The molecule has 0 atom stereocenters. The van der Waals surface area contributed by atoms with Crippen LogP contribution in [0.5, 0.6) is 0 Å². The third-order valence-corrected chi connectivity index (χ3v) is 5.19. The minimum absolute atomic E-state index is 0.214. The fraction of sp³-hybridized carbons (Fsp3) is 0.130. The van der Waals surface area contributed by atoms with E-state index in [4.69, 9.17) is 4.98 Å². The number of aromatic nitrogens is 6. The van der Waals surface area contributed by atoms with E-state index in [1.807, 2.05) is 54.9 Å². The Labute approximate surface area is 178 Å². The Kier molecular flexibility index (Phi) is 4.59. The molecule has 4 aromatic heterocycles. The Morgan fingerprint density at radius 2 is 2.03 bits per heavy atom. The maximum absolute atomic E-state index is 12.7. The number of fused-ring (bicyclic) bond motifs is 1. The van der Waals surface area contributed by atoms with Crippen molar-refractivity contribution in [1.29, 1.82) is 0 Å². The molecular weight excluding hydrogens is 390 g/mol. The van der Waals surface area contributed by atoms with Crippen molar-refractivity contribution in [3.8, 4) is 17.1 Å². The highest BCUT2D eigenvalue weighted by Crippen LogP contribution is 2.27. The maximum atomic E-state index is 12.7. The first-order valence-electron chi connectivity index (χ1n) is 9.94. The van der Waals surface area contributed by atoms with Gasteiger partial charge < -0.3 is 19.9 Å². The number of rotatable bonds is 5. The summed E-state index contributed by atoms with van der Waals surface area (Å²) >= 11 is 0. The summed E-state index contributed by atoms with van der Waals surface area (Å²) in [6, 6.07) is 9.86. The number of hydrogen-bond donors (Lipinski definition) is 3. The fourth-order valence-corrected chi connectivity index (χ4v) is 3.69. The van der Waals surface area contributed by atoms with Crippen LogP contribution >= 0.6 is 0 Å². The number of nitrogens with zero attached hydrogens (tertiary/aromatic N) is 4. The van der Waals surface area contributed by atoms with Crippen molar-refractivity contribution in [3.63, 3.8) is 0 Å². The minimum atomic E-state index is -0.214. The van der Waals surface area contributed by atoms with Crippen molar-refractivity contribution < 1.29 is 0 Å². The fourth-order valence-electron chi connectivity index (χ4n) is 3.69. The van der Waals surface area contributed by atoms with Gasteiger partial charge in [-0.3, -0.25) is 9.78 Å². The van der Waals surface area contributed by atoms with Gasteiger partial charge in [0.15, 0.2) is 0 Å². The number of H-pyrrole nitrogens is 2. The van der Waals surface area contributed by atoms with Gasteiger partial charge in [0, 0.05) is 30.5 Å². The van der Waals surface area contributed by atoms with Crippen LogP contribution < -0.4 is 10.9 Å². The van der Waals surface area contributed by atoms with Gasteiger partial charge in [-0.05, 0) is 55.3 Å². The van der Waals surface area contributed by atoms with E-state index in [0.717, 1.165) is 33.5 Å². The van der Waals surface area contributed by atoms with Crippen LogP contribution in [0.2, 0.25) is 0 Å². The first-order valence-corrected chi connectivity index (χ1v) is 9.94. The second-order valence-corrected chi connectivity index (χ2v) is 7.49. The number of aryl methyl sites for hydroxylation is 2. The summed E-state index contributed by atoms with van der Waals surface area (Å²) in [6.45, 7) is 4.53. The Hall–Kier alpha value is -4.20. The minimum Gasteiger partial charge on any atom is -0.379 e. The van der Waals surface area contributed by atoms with Gasteiger partial charge in [0.1, 0.15) is 11.4 Å². The zero-order valence-electron chi connectivity index (χ0n) is 17.2. The lowest BCUT2D eigenvalue weighted by atomic mass is 10.2. The molecule has 0 aliphatic carbocycles. The summed E-state index contributed by atoms with van der Waals surface area (Å²) in [5.74, 6) is 0.516. The number of anilines is 1. The number of hydrogen-bond acceptors (Lipinski definition) is 5. The lowest BCUT2D eigenvalue weighted by Gasteiger charge is -2.09. The average molecular weight is 411 g/mol. The molecule has 154 valence electrons. The van der Waals surface area contributed by atoms with Gasteiger partial charge in [-0.1, -0.05) is 0 Å². The molecule has 3 N–H and O–H groups in total. The van der Waals surface area contributed by atoms with E-state index < -0.39 is 0 Å². The number of imidazole rings is 2. The van der Waals surface area contributed by atoms with Crippen molar-refractivity contribution in [3.05, 3.63) is 88.6 Å². The predicted octanol–water partition coefficient (Wildman–Crippen LogP) is 3.73. The first kappa shape index (κ1) is 18.8. The van der Waals surface area contributed by atoms with Crippen molar-refractivity contribution >= 4 is 16.7 Å². The van der Waals surface area contributed by atoms with Gasteiger partial charge in [0.25, 0.3) is 5.56 Å². The van der Waals surface area contributed by atoms with Crippen molar-refractivity contribution in [1.82, 2.24) is 29.5 Å². The molecule has 8 heteroatoms. The molecule has 31 heavy (non-hydrogen) atoms. The largest absolute Gasteiger partial charge is 0.379 e. The molecule has 1 aromatic carbocycles. The van der Waals surface area contributed by atoms with Crippen LogP contribution in [-0.4, -0.2) is 29.5 Å². The summed E-state index contributed by atoms with van der Waals surface area (Å²) in [4.78, 5) is 32.0. The molecule has 5 aromatic rings. The highest BCUT2D eigenvalue weighted by atomic mass is 16.1. The summed E-state index contributed by atoms with van der Waals surface area (Å²) in [6.07, 6.45) is 8.79. The highest BCUT2D eigenvalue weighted by molar-refractivity contribution is 5.86. The average Bonchev–Trinajstić information content (AvgIpc) is 3.42. The van der Waals surface area contributed by atoms with E-state index >= 15 is 0 Å². The van der Waals surface area contributed by atoms with E-state index in [-0.39, 0.29) is 5.56 Å². The quantitative estimate of drug-likeness (QED) is 0.409. The molecule has 0 aliphatic rings. The lowest BCUT2D eigenvalue weighted by Crippen LogP contribution is -2.13. The molecule has 0 radical (unpaired) electrons. The van der Waals surface area contributed by atoms with Gasteiger partial charge in [-0.25, -0.2) is 9.97 Å². The number of aromatic amines is 2. The molecule has 0 saturated heterocycles. The zero-order valence-corrected chi connectivity index (χ0v) is 17.2. The second kappa shape index (κ2) is 7.56. The van der Waals surface area contributed by atoms with Crippen molar-refractivity contribution in [2.45, 2.75) is 20.4 Å². The molecule has 0 saturated carbocycles. The molecule has 5 rings (SSSR count). The van der Waals surface area contributed by atoms with Gasteiger partial charge >= 0.3 is 0 Å². The van der Waals surface area contributed by atoms with E-state index in [2.05, 4.69) is 25.3 Å². The van der Waals surface area contributed by atoms with Crippen molar-refractivity contribution in [2.75, 3.05) is 5.32 Å². The Balaban J connectivity index is 1.55. The molecule has 0 spiro atoms. The smallest absolute Gasteiger partial charge is 0.261 e. The number of pyridine rings is 2. The Morgan fingerprint density at radius 3 is 2.84 bits per heavy atom. The Bertz CT molecular complexity index is 1430. The zero-order chi connectivity index (χ0) is 21.4. The monoisotopic (exact) mass is 411 g/mol. The van der Waals surface area contributed by atoms with Crippen molar-refractivity contribution in [2.24, 2.45) is 0 Å². The highest BCUT2D eigenvalue weighted by Gasteiger charge is 2.16. The summed E-state index contributed by atoms with van der Waals surface area (Å²) in [5, 5.41) is 3.33. The van der Waals surface area contributed by atoms with Crippen LogP contribution in [0.1, 0.15) is 16.8 Å². The summed E-state index contributed by atoms with van der Waals surface area (Å²) in [7, 11) is 0. The van der Waals surface area contributed by atoms with Crippen LogP contribution in [0.15, 0.2) is 66.2 Å². The molecule has 0 unspecified atom stereocenters. The van der Waals surface area contributed by atoms with Gasteiger partial charge in [-0.15, -0.1) is 0 Å². The van der Waals surface area contributed by atoms with Crippen LogP contribution in [0.4, 0.5) is 5.69 Å². The standard InChI is InChI=1S/C23H21N7O/c1-14-3-5-25-16(9-14)12-27-18-4-6-26-23(31)20(18)22-28-19-11-17(30-8-7-24-13-30)10-15(2)21(19)29-22/h3-11,13H,12H2,1-2H3,(H,28,29)(H2,26,27,31). The third kappa shape index (κ3) is 3.59. The lowest BCUT2D eigenvalue weighted by molar-refractivity contribution is 1.03. The van der Waals surface area contributed by atoms with E-state index in [9.17, 15) is 4.79 Å². The number of benzene rings is 1.